The number of carboxylic acid groups (broad SMARTS) is 1. The largest absolute Gasteiger partial charge is 0.479 e. The number of likely N-dealkylation sites (tertiary alicyclic amines) is 2. The van der Waals surface area contributed by atoms with Crippen LogP contribution >= 0.6 is 0 Å². The monoisotopic (exact) mass is 348 g/mol. The summed E-state index contributed by atoms with van der Waals surface area (Å²) in [6.07, 6.45) is 1.07. The fraction of sp³-hybridized carbons (Fsp3) is 0.556. The molecule has 2 saturated heterocycles. The average molecular weight is 348 g/mol. The van der Waals surface area contributed by atoms with Crippen LogP contribution in [-0.2, 0) is 20.9 Å². The van der Waals surface area contributed by atoms with E-state index in [1.54, 1.807) is 9.80 Å². The third-order valence-corrected chi connectivity index (χ3v) is 4.95. The lowest BCUT2D eigenvalue weighted by atomic mass is 9.92. The molecule has 136 valence electrons. The first-order valence-electron chi connectivity index (χ1n) is 8.52. The summed E-state index contributed by atoms with van der Waals surface area (Å²) >= 11 is 0. The normalized spacial score (nSPS) is 24.0. The molecule has 1 unspecified atom stereocenters. The lowest BCUT2D eigenvalue weighted by molar-refractivity contribution is -0.168. The minimum atomic E-state index is -1.29. The van der Waals surface area contributed by atoms with E-state index in [-0.39, 0.29) is 18.7 Å². The minimum absolute atomic E-state index is 0.0283. The molecule has 1 N–H and O–H groups in total. The zero-order chi connectivity index (χ0) is 17.9. The van der Waals surface area contributed by atoms with E-state index in [1.165, 1.54) is 7.11 Å². The van der Waals surface area contributed by atoms with E-state index >= 15 is 0 Å². The lowest BCUT2D eigenvalue weighted by Gasteiger charge is -2.45. The van der Waals surface area contributed by atoms with Crippen molar-refractivity contribution in [2.75, 3.05) is 33.3 Å². The first-order chi connectivity index (χ1) is 12.0. The van der Waals surface area contributed by atoms with Crippen LogP contribution in [0.3, 0.4) is 0 Å². The van der Waals surface area contributed by atoms with Crippen molar-refractivity contribution in [1.82, 2.24) is 9.80 Å². The number of urea groups is 1. The van der Waals surface area contributed by atoms with Gasteiger partial charge in [0.25, 0.3) is 0 Å². The van der Waals surface area contributed by atoms with E-state index in [9.17, 15) is 14.7 Å². The maximum absolute atomic E-state index is 12.6. The van der Waals surface area contributed by atoms with Crippen molar-refractivity contribution in [3.05, 3.63) is 35.9 Å². The highest BCUT2D eigenvalue weighted by atomic mass is 16.5. The molecule has 0 aromatic heterocycles. The van der Waals surface area contributed by atoms with E-state index in [4.69, 9.17) is 9.47 Å². The summed E-state index contributed by atoms with van der Waals surface area (Å²) in [6, 6.07) is 9.77. The predicted molar refractivity (Wildman–Crippen MR) is 90.2 cm³/mol. The third kappa shape index (κ3) is 3.77. The summed E-state index contributed by atoms with van der Waals surface area (Å²) < 4.78 is 11.0. The molecule has 0 spiro atoms. The topological polar surface area (TPSA) is 79.3 Å². The fourth-order valence-corrected chi connectivity index (χ4v) is 3.30. The number of nitrogens with zero attached hydrogens (tertiary/aromatic N) is 2. The van der Waals surface area contributed by atoms with Crippen LogP contribution in [0.4, 0.5) is 4.79 Å². The number of carboxylic acids is 1. The molecule has 3 rings (SSSR count). The van der Waals surface area contributed by atoms with Crippen molar-refractivity contribution in [3.8, 4) is 0 Å². The zero-order valence-corrected chi connectivity index (χ0v) is 14.4. The van der Waals surface area contributed by atoms with Gasteiger partial charge in [0.1, 0.15) is 0 Å². The quantitative estimate of drug-likeness (QED) is 0.874. The van der Waals surface area contributed by atoms with Crippen LogP contribution < -0.4 is 0 Å². The molecule has 7 nitrogen and oxygen atoms in total. The Balaban J connectivity index is 1.47. The number of piperidine rings is 1. The van der Waals surface area contributed by atoms with Gasteiger partial charge in [-0.1, -0.05) is 30.3 Å². The molecule has 2 fully saturated rings. The molecule has 1 aromatic carbocycles. The molecule has 2 aliphatic rings. The third-order valence-electron chi connectivity index (χ3n) is 4.95. The second-order valence-electron chi connectivity index (χ2n) is 6.63. The summed E-state index contributed by atoms with van der Waals surface area (Å²) in [5.41, 5.74) is -0.184. The Labute approximate surface area is 147 Å². The van der Waals surface area contributed by atoms with Gasteiger partial charge in [0.15, 0.2) is 5.60 Å². The van der Waals surface area contributed by atoms with Gasteiger partial charge in [-0.25, -0.2) is 9.59 Å². The predicted octanol–water partition coefficient (Wildman–Crippen LogP) is 1.57. The van der Waals surface area contributed by atoms with E-state index < -0.39 is 11.6 Å². The van der Waals surface area contributed by atoms with Crippen LogP contribution in [0.2, 0.25) is 0 Å². The Kier molecular flexibility index (Phi) is 5.24. The van der Waals surface area contributed by atoms with Gasteiger partial charge >= 0.3 is 12.0 Å². The Bertz CT molecular complexity index is 617. The summed E-state index contributed by atoms with van der Waals surface area (Å²) in [5, 5.41) is 9.42. The van der Waals surface area contributed by atoms with Crippen molar-refractivity contribution < 1.29 is 24.2 Å². The molecule has 7 heteroatoms. The number of carbonyl (C=O) groups is 2. The highest BCUT2D eigenvalue weighted by Crippen LogP contribution is 2.27. The number of hydrogen-bond acceptors (Lipinski definition) is 4. The maximum Gasteiger partial charge on any atom is 0.337 e. The van der Waals surface area contributed by atoms with E-state index in [0.717, 1.165) is 5.56 Å². The first-order valence-corrected chi connectivity index (χ1v) is 8.52. The number of rotatable bonds is 5. The summed E-state index contributed by atoms with van der Waals surface area (Å²) in [4.78, 5) is 27.4. The Morgan fingerprint density at radius 3 is 2.60 bits per heavy atom. The molecule has 0 bridgehead atoms. The summed E-state index contributed by atoms with van der Waals surface area (Å²) in [5.74, 6) is -1.01. The van der Waals surface area contributed by atoms with Gasteiger partial charge in [0.05, 0.1) is 32.3 Å². The number of amides is 2. The number of carbonyl (C=O) groups excluding carboxylic acids is 1. The molecule has 1 atom stereocenters. The van der Waals surface area contributed by atoms with Crippen LogP contribution in [0.1, 0.15) is 18.4 Å². The molecular formula is C18H24N2O5. The highest BCUT2D eigenvalue weighted by Gasteiger charge is 2.45. The van der Waals surface area contributed by atoms with Crippen molar-refractivity contribution in [1.29, 1.82) is 0 Å². The molecule has 2 amide bonds. The number of aliphatic carboxylic acids is 1. The first kappa shape index (κ1) is 17.7. The lowest BCUT2D eigenvalue weighted by Crippen LogP contribution is -2.63. The van der Waals surface area contributed by atoms with Gasteiger partial charge in [-0.2, -0.15) is 0 Å². The zero-order valence-electron chi connectivity index (χ0n) is 14.4. The molecule has 1 aromatic rings. The Morgan fingerprint density at radius 2 is 1.96 bits per heavy atom. The average Bonchev–Trinajstić information content (AvgIpc) is 2.61. The van der Waals surface area contributed by atoms with Gasteiger partial charge in [0, 0.05) is 13.7 Å². The van der Waals surface area contributed by atoms with Gasteiger partial charge in [-0.15, -0.1) is 0 Å². The van der Waals surface area contributed by atoms with Crippen molar-refractivity contribution in [3.63, 3.8) is 0 Å². The molecule has 2 heterocycles. The summed E-state index contributed by atoms with van der Waals surface area (Å²) in [7, 11) is 1.39. The molecular weight excluding hydrogens is 324 g/mol. The van der Waals surface area contributed by atoms with Crippen LogP contribution in [0, 0.1) is 0 Å². The van der Waals surface area contributed by atoms with Gasteiger partial charge in [-0.3, -0.25) is 0 Å². The van der Waals surface area contributed by atoms with Crippen molar-refractivity contribution >= 4 is 12.0 Å². The molecule has 2 aliphatic heterocycles. The number of hydrogen-bond donors (Lipinski definition) is 1. The van der Waals surface area contributed by atoms with Crippen LogP contribution in [0.5, 0.6) is 0 Å². The van der Waals surface area contributed by atoms with Crippen molar-refractivity contribution in [2.45, 2.75) is 31.2 Å². The smallest absolute Gasteiger partial charge is 0.337 e. The number of ether oxygens (including phenoxy) is 2. The maximum atomic E-state index is 12.6. The van der Waals surface area contributed by atoms with E-state index in [0.29, 0.717) is 39.1 Å². The Hall–Kier alpha value is -2.12. The second-order valence-corrected chi connectivity index (χ2v) is 6.63. The van der Waals surface area contributed by atoms with Crippen molar-refractivity contribution in [2.24, 2.45) is 0 Å². The van der Waals surface area contributed by atoms with Crippen LogP contribution in [-0.4, -0.2) is 71.9 Å². The van der Waals surface area contributed by atoms with E-state index in [2.05, 4.69) is 0 Å². The van der Waals surface area contributed by atoms with E-state index in [1.807, 2.05) is 30.3 Å². The van der Waals surface area contributed by atoms with Gasteiger partial charge < -0.3 is 24.4 Å². The molecule has 0 radical (unpaired) electrons. The summed E-state index contributed by atoms with van der Waals surface area (Å²) in [6.45, 7) is 2.25. The van der Waals surface area contributed by atoms with Gasteiger partial charge in [0.2, 0.25) is 0 Å². The molecule has 0 aliphatic carbocycles. The number of benzene rings is 1. The Morgan fingerprint density at radius 1 is 1.24 bits per heavy atom. The SMILES string of the molecule is COC1(C(=O)O)CCCN(C(=O)N2CC(OCc3ccccc3)C2)C1. The second kappa shape index (κ2) is 7.41. The highest BCUT2D eigenvalue weighted by molar-refractivity contribution is 5.81. The molecule has 25 heavy (non-hydrogen) atoms. The van der Waals surface area contributed by atoms with Crippen LogP contribution in [0.15, 0.2) is 30.3 Å². The van der Waals surface area contributed by atoms with Crippen LogP contribution in [0.25, 0.3) is 0 Å². The number of methoxy groups -OCH3 is 1. The minimum Gasteiger partial charge on any atom is -0.479 e. The van der Waals surface area contributed by atoms with Gasteiger partial charge in [-0.05, 0) is 18.4 Å². The standard InChI is InChI=1S/C18H24N2O5/c1-24-18(16(21)22)8-5-9-19(13-18)17(23)20-10-15(11-20)25-12-14-6-3-2-4-7-14/h2-4,6-7,15H,5,8-13H2,1H3,(H,21,22). The molecule has 0 saturated carbocycles. The fourth-order valence-electron chi connectivity index (χ4n) is 3.30.